The first kappa shape index (κ1) is 9.71. The highest BCUT2D eigenvalue weighted by Gasteiger charge is 1.99. The maximum atomic E-state index is 10.4. The second-order valence-corrected chi connectivity index (χ2v) is 2.52. The minimum absolute atomic E-state index is 0.143. The second-order valence-electron chi connectivity index (χ2n) is 1.44. The number of esters is 1. The van der Waals surface area contributed by atoms with Gasteiger partial charge < -0.3 is 9.47 Å². The van der Waals surface area contributed by atoms with E-state index in [1.807, 2.05) is 0 Å². The number of hydrogen-bond donors (Lipinski definition) is 1. The molecule has 0 saturated carbocycles. The smallest absolute Gasteiger partial charge is 0.308 e. The van der Waals surface area contributed by atoms with Gasteiger partial charge in [-0.1, -0.05) is 12.6 Å². The van der Waals surface area contributed by atoms with Crippen LogP contribution in [0.3, 0.4) is 0 Å². The third-order valence-electron chi connectivity index (χ3n) is 0.759. The molecule has 0 aliphatic heterocycles. The molecule has 0 saturated heterocycles. The minimum Gasteiger partial charge on any atom is -0.478 e. The van der Waals surface area contributed by atoms with Crippen LogP contribution in [0.5, 0.6) is 0 Å². The van der Waals surface area contributed by atoms with Gasteiger partial charge in [0, 0.05) is 0 Å². The normalized spacial score (nSPS) is 8.60. The van der Waals surface area contributed by atoms with Gasteiger partial charge in [0.05, 0.1) is 13.5 Å². The summed E-state index contributed by atoms with van der Waals surface area (Å²) in [6, 6.07) is 0. The molecule has 0 atom stereocenters. The SMILES string of the molecule is COC(=O)CCOC(=S)S. The van der Waals surface area contributed by atoms with Crippen LogP contribution in [-0.4, -0.2) is 24.1 Å². The van der Waals surface area contributed by atoms with Crippen LogP contribution in [0, 0.1) is 0 Å². The van der Waals surface area contributed by atoms with Gasteiger partial charge in [0.25, 0.3) is 0 Å². The van der Waals surface area contributed by atoms with Crippen molar-refractivity contribution in [3.63, 3.8) is 0 Å². The molecule has 0 fully saturated rings. The van der Waals surface area contributed by atoms with E-state index >= 15 is 0 Å². The lowest BCUT2D eigenvalue weighted by molar-refractivity contribution is -0.141. The van der Waals surface area contributed by atoms with Gasteiger partial charge in [-0.15, -0.1) is 0 Å². The Bertz CT molecular complexity index is 135. The fourth-order valence-corrected chi connectivity index (χ4v) is 0.498. The monoisotopic (exact) mass is 180 g/mol. The van der Waals surface area contributed by atoms with Crippen molar-refractivity contribution < 1.29 is 14.3 Å². The Labute approximate surface area is 70.1 Å². The van der Waals surface area contributed by atoms with Crippen molar-refractivity contribution in [1.29, 1.82) is 0 Å². The molecule has 0 heterocycles. The number of carbonyl (C=O) groups is 1. The molecule has 0 aromatic heterocycles. The fraction of sp³-hybridized carbons (Fsp3) is 0.600. The van der Waals surface area contributed by atoms with Crippen molar-refractivity contribution in [2.45, 2.75) is 6.42 Å². The molecular weight excluding hydrogens is 172 g/mol. The first-order chi connectivity index (χ1) is 4.66. The van der Waals surface area contributed by atoms with Gasteiger partial charge in [-0.05, 0) is 12.2 Å². The molecule has 0 spiro atoms. The zero-order valence-corrected chi connectivity index (χ0v) is 7.21. The lowest BCUT2D eigenvalue weighted by atomic mass is 10.5. The first-order valence-electron chi connectivity index (χ1n) is 2.59. The Morgan fingerprint density at radius 2 is 2.30 bits per heavy atom. The van der Waals surface area contributed by atoms with Crippen LogP contribution in [0.1, 0.15) is 6.42 Å². The summed E-state index contributed by atoms with van der Waals surface area (Å²) in [6.45, 7) is 0.231. The number of thiocarbonyl (C=S) groups is 1. The quantitative estimate of drug-likeness (QED) is 0.395. The molecule has 5 heteroatoms. The number of ether oxygens (including phenoxy) is 2. The largest absolute Gasteiger partial charge is 0.478 e. The van der Waals surface area contributed by atoms with E-state index in [2.05, 4.69) is 29.6 Å². The molecule has 0 aromatic carbocycles. The summed E-state index contributed by atoms with van der Waals surface area (Å²) in [5.74, 6) is -0.315. The highest BCUT2D eigenvalue weighted by molar-refractivity contribution is 8.10. The van der Waals surface area contributed by atoms with Gasteiger partial charge >= 0.3 is 5.97 Å². The highest BCUT2D eigenvalue weighted by atomic mass is 32.1. The van der Waals surface area contributed by atoms with Crippen LogP contribution < -0.4 is 0 Å². The number of methoxy groups -OCH3 is 1. The predicted molar refractivity (Wildman–Crippen MR) is 44.2 cm³/mol. The lowest BCUT2D eigenvalue weighted by Gasteiger charge is -2.00. The Kier molecular flexibility index (Phi) is 5.33. The van der Waals surface area contributed by atoms with Crippen LogP contribution in [0.2, 0.25) is 0 Å². The Morgan fingerprint density at radius 1 is 1.70 bits per heavy atom. The highest BCUT2D eigenvalue weighted by Crippen LogP contribution is 1.90. The number of rotatable bonds is 3. The van der Waals surface area contributed by atoms with Gasteiger partial charge in [-0.25, -0.2) is 0 Å². The van der Waals surface area contributed by atoms with Crippen LogP contribution in [-0.2, 0) is 14.3 Å². The molecule has 10 heavy (non-hydrogen) atoms. The topological polar surface area (TPSA) is 35.5 Å². The molecule has 3 nitrogen and oxygen atoms in total. The molecule has 0 N–H and O–H groups in total. The first-order valence-corrected chi connectivity index (χ1v) is 3.45. The average molecular weight is 180 g/mol. The van der Waals surface area contributed by atoms with E-state index in [4.69, 9.17) is 4.74 Å². The zero-order chi connectivity index (χ0) is 7.98. The van der Waals surface area contributed by atoms with Crippen LogP contribution in [0.15, 0.2) is 0 Å². The van der Waals surface area contributed by atoms with Crippen LogP contribution in [0.25, 0.3) is 0 Å². The molecule has 0 radical (unpaired) electrons. The summed E-state index contributed by atoms with van der Waals surface area (Å²) in [6.07, 6.45) is 0.206. The summed E-state index contributed by atoms with van der Waals surface area (Å²) in [4.78, 5) is 10.4. The Morgan fingerprint density at radius 3 is 2.70 bits per heavy atom. The van der Waals surface area contributed by atoms with Crippen molar-refractivity contribution in [3.05, 3.63) is 0 Å². The molecule has 58 valence electrons. The molecule has 0 rings (SSSR count). The lowest BCUT2D eigenvalue weighted by Crippen LogP contribution is -2.06. The van der Waals surface area contributed by atoms with E-state index < -0.39 is 0 Å². The van der Waals surface area contributed by atoms with E-state index in [1.165, 1.54) is 7.11 Å². The van der Waals surface area contributed by atoms with E-state index in [9.17, 15) is 4.79 Å². The number of hydrogen-bond acceptors (Lipinski definition) is 4. The van der Waals surface area contributed by atoms with Crippen molar-refractivity contribution in [2.24, 2.45) is 0 Å². The summed E-state index contributed by atoms with van der Waals surface area (Å²) in [5.41, 5.74) is 0. The van der Waals surface area contributed by atoms with E-state index in [1.54, 1.807) is 0 Å². The van der Waals surface area contributed by atoms with Crippen LogP contribution >= 0.6 is 24.8 Å². The fourth-order valence-electron chi connectivity index (χ4n) is 0.324. The van der Waals surface area contributed by atoms with Crippen LogP contribution in [0.4, 0.5) is 0 Å². The average Bonchev–Trinajstić information content (AvgIpc) is 1.87. The molecule has 0 bridgehead atoms. The molecule has 0 aliphatic rings. The predicted octanol–water partition coefficient (Wildman–Crippen LogP) is 0.781. The van der Waals surface area contributed by atoms with Gasteiger partial charge in [0.1, 0.15) is 6.61 Å². The zero-order valence-electron chi connectivity index (χ0n) is 5.49. The van der Waals surface area contributed by atoms with Gasteiger partial charge in [0.15, 0.2) is 0 Å². The molecule has 0 unspecified atom stereocenters. The minimum atomic E-state index is -0.315. The third kappa shape index (κ3) is 5.84. The van der Waals surface area contributed by atoms with Crippen molar-refractivity contribution in [3.8, 4) is 0 Å². The van der Waals surface area contributed by atoms with Crippen molar-refractivity contribution >= 4 is 35.2 Å². The van der Waals surface area contributed by atoms with Gasteiger partial charge in [-0.3, -0.25) is 4.79 Å². The van der Waals surface area contributed by atoms with E-state index in [0.29, 0.717) is 0 Å². The van der Waals surface area contributed by atoms with E-state index in [0.717, 1.165) is 0 Å². The molecule has 0 aliphatic carbocycles. The summed E-state index contributed by atoms with van der Waals surface area (Å²) in [5, 5.41) is 0. The maximum absolute atomic E-state index is 10.4. The van der Waals surface area contributed by atoms with Gasteiger partial charge in [-0.2, -0.15) is 0 Å². The van der Waals surface area contributed by atoms with Gasteiger partial charge in [0.2, 0.25) is 4.38 Å². The standard InChI is InChI=1S/C5H8O3S2/c1-7-4(6)2-3-8-5(9)10/h2-3H2,1H3,(H,9,10). The summed E-state index contributed by atoms with van der Waals surface area (Å²) in [7, 11) is 1.32. The molecular formula is C5H8O3S2. The maximum Gasteiger partial charge on any atom is 0.308 e. The third-order valence-corrected chi connectivity index (χ3v) is 1.01. The Balaban J connectivity index is 3.20. The molecule has 0 amide bonds. The van der Waals surface area contributed by atoms with Crippen molar-refractivity contribution in [1.82, 2.24) is 0 Å². The second kappa shape index (κ2) is 5.49. The van der Waals surface area contributed by atoms with E-state index in [-0.39, 0.29) is 23.4 Å². The Hall–Kier alpha value is -0.290. The number of carbonyl (C=O) groups excluding carboxylic acids is 1. The molecule has 0 aromatic rings. The summed E-state index contributed by atoms with van der Waals surface area (Å²) >= 11 is 8.16. The van der Waals surface area contributed by atoms with Crippen molar-refractivity contribution in [2.75, 3.05) is 13.7 Å². The number of thiol groups is 1. The summed E-state index contributed by atoms with van der Waals surface area (Å²) < 4.78 is 9.20.